The number of carbonyl (C=O) groups excluding carboxylic acids is 2. The van der Waals surface area contributed by atoms with Crippen LogP contribution in [0.5, 0.6) is 0 Å². The van der Waals surface area contributed by atoms with Gasteiger partial charge in [-0.1, -0.05) is 29.8 Å². The molecule has 0 unspecified atom stereocenters. The van der Waals surface area contributed by atoms with Gasteiger partial charge in [0.25, 0.3) is 0 Å². The topological polar surface area (TPSA) is 66.6 Å². The predicted octanol–water partition coefficient (Wildman–Crippen LogP) is 3.01. The molecule has 1 aliphatic carbocycles. The standard InChI is InChI=1S/C22H26FN3O2/c1-16-3-2-4-17(13-16)14-25(19-9-10-19)15-22(28)26(12-11-21(24)27)20-7-5-18(23)6-8-20/h2-8,13,19H,9-12,14-15H2,1H3,(H2,24,27). The van der Waals surface area contributed by atoms with Crippen LogP contribution in [-0.2, 0) is 16.1 Å². The van der Waals surface area contributed by atoms with E-state index < -0.39 is 5.91 Å². The van der Waals surface area contributed by atoms with Crippen molar-refractivity contribution in [2.45, 2.75) is 38.8 Å². The molecule has 1 saturated carbocycles. The molecule has 0 heterocycles. The Morgan fingerprint density at radius 3 is 2.46 bits per heavy atom. The van der Waals surface area contributed by atoms with Crippen molar-refractivity contribution in [1.29, 1.82) is 0 Å². The molecule has 0 aromatic heterocycles. The third-order valence-electron chi connectivity index (χ3n) is 4.89. The van der Waals surface area contributed by atoms with E-state index in [0.29, 0.717) is 18.3 Å². The summed E-state index contributed by atoms with van der Waals surface area (Å²) < 4.78 is 13.3. The fourth-order valence-corrected chi connectivity index (χ4v) is 3.30. The van der Waals surface area contributed by atoms with E-state index in [1.807, 2.05) is 6.07 Å². The minimum absolute atomic E-state index is 0.0599. The van der Waals surface area contributed by atoms with Crippen LogP contribution >= 0.6 is 0 Å². The molecule has 0 atom stereocenters. The molecule has 1 fully saturated rings. The summed E-state index contributed by atoms with van der Waals surface area (Å²) in [5.41, 5.74) is 8.20. The Hall–Kier alpha value is -2.73. The molecule has 0 saturated heterocycles. The Morgan fingerprint density at radius 2 is 1.86 bits per heavy atom. The molecular weight excluding hydrogens is 357 g/mol. The summed E-state index contributed by atoms with van der Waals surface area (Å²) >= 11 is 0. The number of rotatable bonds is 9. The Labute approximate surface area is 164 Å². The average molecular weight is 383 g/mol. The van der Waals surface area contributed by atoms with Crippen LogP contribution in [0.2, 0.25) is 0 Å². The molecule has 148 valence electrons. The summed E-state index contributed by atoms with van der Waals surface area (Å²) in [6.07, 6.45) is 2.22. The lowest BCUT2D eigenvalue weighted by Crippen LogP contribution is -2.42. The van der Waals surface area contributed by atoms with E-state index in [-0.39, 0.29) is 31.2 Å². The van der Waals surface area contributed by atoms with Gasteiger partial charge in [0.2, 0.25) is 11.8 Å². The molecular formula is C22H26FN3O2. The second-order valence-electron chi connectivity index (χ2n) is 7.36. The maximum atomic E-state index is 13.3. The third kappa shape index (κ3) is 5.63. The molecule has 0 aliphatic heterocycles. The first kappa shape index (κ1) is 20.0. The van der Waals surface area contributed by atoms with Crippen molar-refractivity contribution >= 4 is 17.5 Å². The van der Waals surface area contributed by atoms with Crippen molar-refractivity contribution in [2.24, 2.45) is 5.73 Å². The van der Waals surface area contributed by atoms with Crippen LogP contribution in [0, 0.1) is 12.7 Å². The van der Waals surface area contributed by atoms with E-state index in [9.17, 15) is 14.0 Å². The minimum atomic E-state index is -0.473. The van der Waals surface area contributed by atoms with Crippen LogP contribution in [0.4, 0.5) is 10.1 Å². The second-order valence-corrected chi connectivity index (χ2v) is 7.36. The van der Waals surface area contributed by atoms with Gasteiger partial charge < -0.3 is 10.6 Å². The van der Waals surface area contributed by atoms with E-state index in [1.165, 1.54) is 28.2 Å². The number of halogens is 1. The van der Waals surface area contributed by atoms with Gasteiger partial charge in [-0.15, -0.1) is 0 Å². The highest BCUT2D eigenvalue weighted by Crippen LogP contribution is 2.29. The highest BCUT2D eigenvalue weighted by molar-refractivity contribution is 5.95. The van der Waals surface area contributed by atoms with Crippen molar-refractivity contribution in [1.82, 2.24) is 4.90 Å². The monoisotopic (exact) mass is 383 g/mol. The van der Waals surface area contributed by atoms with Crippen molar-refractivity contribution in [3.8, 4) is 0 Å². The van der Waals surface area contributed by atoms with Gasteiger partial charge in [-0.2, -0.15) is 0 Å². The van der Waals surface area contributed by atoms with Gasteiger partial charge in [0.1, 0.15) is 5.82 Å². The second kappa shape index (κ2) is 8.97. The summed E-state index contributed by atoms with van der Waals surface area (Å²) in [7, 11) is 0. The summed E-state index contributed by atoms with van der Waals surface area (Å²) in [6, 6.07) is 14.4. The van der Waals surface area contributed by atoms with Crippen LogP contribution in [0.15, 0.2) is 48.5 Å². The van der Waals surface area contributed by atoms with Crippen LogP contribution < -0.4 is 10.6 Å². The Kier molecular flexibility index (Phi) is 6.41. The quantitative estimate of drug-likeness (QED) is 0.724. The Bertz CT molecular complexity index is 834. The van der Waals surface area contributed by atoms with E-state index in [4.69, 9.17) is 5.73 Å². The smallest absolute Gasteiger partial charge is 0.241 e. The SMILES string of the molecule is Cc1cccc(CN(CC(=O)N(CCC(N)=O)c2ccc(F)cc2)C2CC2)c1. The number of carbonyl (C=O) groups is 2. The summed E-state index contributed by atoms with van der Waals surface area (Å²) in [4.78, 5) is 28.0. The molecule has 2 N–H and O–H groups in total. The molecule has 2 aromatic rings. The van der Waals surface area contributed by atoms with E-state index in [0.717, 1.165) is 12.8 Å². The molecule has 0 bridgehead atoms. The number of hydrogen-bond donors (Lipinski definition) is 1. The predicted molar refractivity (Wildman–Crippen MR) is 107 cm³/mol. The zero-order chi connectivity index (χ0) is 20.1. The molecule has 0 radical (unpaired) electrons. The van der Waals surface area contributed by atoms with Gasteiger partial charge >= 0.3 is 0 Å². The molecule has 5 nitrogen and oxygen atoms in total. The van der Waals surface area contributed by atoms with Crippen LogP contribution in [0.25, 0.3) is 0 Å². The van der Waals surface area contributed by atoms with Gasteiger partial charge in [0, 0.05) is 31.2 Å². The van der Waals surface area contributed by atoms with Crippen LogP contribution in [-0.4, -0.2) is 35.8 Å². The number of amides is 2. The molecule has 3 rings (SSSR count). The maximum Gasteiger partial charge on any atom is 0.241 e. The molecule has 1 aliphatic rings. The third-order valence-corrected chi connectivity index (χ3v) is 4.89. The highest BCUT2D eigenvalue weighted by Gasteiger charge is 2.31. The fraction of sp³-hybridized carbons (Fsp3) is 0.364. The largest absolute Gasteiger partial charge is 0.370 e. The zero-order valence-corrected chi connectivity index (χ0v) is 16.1. The number of anilines is 1. The highest BCUT2D eigenvalue weighted by atomic mass is 19.1. The van der Waals surface area contributed by atoms with Gasteiger partial charge in [-0.25, -0.2) is 4.39 Å². The lowest BCUT2D eigenvalue weighted by atomic mass is 10.1. The van der Waals surface area contributed by atoms with Crippen molar-refractivity contribution in [3.05, 3.63) is 65.5 Å². The zero-order valence-electron chi connectivity index (χ0n) is 16.1. The first-order chi connectivity index (χ1) is 13.4. The summed E-state index contributed by atoms with van der Waals surface area (Å²) in [6.45, 7) is 3.18. The van der Waals surface area contributed by atoms with E-state index in [2.05, 4.69) is 30.0 Å². The molecule has 28 heavy (non-hydrogen) atoms. The van der Waals surface area contributed by atoms with Crippen molar-refractivity contribution in [2.75, 3.05) is 18.0 Å². The maximum absolute atomic E-state index is 13.3. The number of nitrogens with two attached hydrogens (primary N) is 1. The Morgan fingerprint density at radius 1 is 1.14 bits per heavy atom. The van der Waals surface area contributed by atoms with Gasteiger partial charge in [0.05, 0.1) is 6.54 Å². The average Bonchev–Trinajstić information content (AvgIpc) is 3.48. The number of nitrogens with zero attached hydrogens (tertiary/aromatic N) is 2. The lowest BCUT2D eigenvalue weighted by molar-refractivity contribution is -0.120. The number of primary amides is 1. The summed E-state index contributed by atoms with van der Waals surface area (Å²) in [5.74, 6) is -0.962. The van der Waals surface area contributed by atoms with Crippen LogP contribution in [0.1, 0.15) is 30.4 Å². The molecule has 2 aromatic carbocycles. The first-order valence-corrected chi connectivity index (χ1v) is 9.56. The van der Waals surface area contributed by atoms with Gasteiger partial charge in [-0.3, -0.25) is 14.5 Å². The number of hydrogen-bond acceptors (Lipinski definition) is 3. The Balaban J connectivity index is 1.74. The van der Waals surface area contributed by atoms with Crippen molar-refractivity contribution < 1.29 is 14.0 Å². The van der Waals surface area contributed by atoms with E-state index >= 15 is 0 Å². The summed E-state index contributed by atoms with van der Waals surface area (Å²) in [5, 5.41) is 0. The molecule has 0 spiro atoms. The number of aryl methyl sites for hydroxylation is 1. The van der Waals surface area contributed by atoms with Crippen LogP contribution in [0.3, 0.4) is 0 Å². The van der Waals surface area contributed by atoms with Gasteiger partial charge in [-0.05, 0) is 49.6 Å². The fourth-order valence-electron chi connectivity index (χ4n) is 3.30. The molecule has 6 heteroatoms. The lowest BCUT2D eigenvalue weighted by Gasteiger charge is -2.27. The minimum Gasteiger partial charge on any atom is -0.370 e. The van der Waals surface area contributed by atoms with E-state index in [1.54, 1.807) is 12.1 Å². The molecule has 2 amide bonds. The first-order valence-electron chi connectivity index (χ1n) is 9.56. The van der Waals surface area contributed by atoms with Crippen molar-refractivity contribution in [3.63, 3.8) is 0 Å². The number of benzene rings is 2. The van der Waals surface area contributed by atoms with Gasteiger partial charge in [0.15, 0.2) is 0 Å². The normalized spacial score (nSPS) is 13.5.